The Morgan fingerprint density at radius 2 is 1.32 bits per heavy atom. The third-order valence-electron chi connectivity index (χ3n) is 4.02. The summed E-state index contributed by atoms with van der Waals surface area (Å²) in [7, 11) is 0. The van der Waals surface area contributed by atoms with Crippen molar-refractivity contribution in [3.63, 3.8) is 0 Å². The first-order chi connectivity index (χ1) is 12.1. The van der Waals surface area contributed by atoms with Gasteiger partial charge in [0.15, 0.2) is 5.65 Å². The Morgan fingerprint density at radius 3 is 2.00 bits per heavy atom. The molecule has 0 saturated heterocycles. The summed E-state index contributed by atoms with van der Waals surface area (Å²) >= 11 is 0. The molecule has 0 unspecified atom stereocenters. The van der Waals surface area contributed by atoms with E-state index in [1.807, 2.05) is 49.4 Å². The van der Waals surface area contributed by atoms with Gasteiger partial charge in [-0.2, -0.15) is 0 Å². The first-order valence-corrected chi connectivity index (χ1v) is 7.91. The van der Waals surface area contributed by atoms with E-state index in [1.54, 1.807) is 18.2 Å². The van der Waals surface area contributed by atoms with Crippen molar-refractivity contribution in [1.29, 1.82) is 0 Å². The van der Waals surface area contributed by atoms with E-state index in [2.05, 4.69) is 4.98 Å². The summed E-state index contributed by atoms with van der Waals surface area (Å²) in [6.45, 7) is 2.04. The Kier molecular flexibility index (Phi) is 3.54. The lowest BCUT2D eigenvalue weighted by Gasteiger charge is -2.11. The summed E-state index contributed by atoms with van der Waals surface area (Å²) in [4.78, 5) is 13.8. The van der Waals surface area contributed by atoms with E-state index in [0.717, 1.165) is 22.5 Å². The second-order valence-electron chi connectivity index (χ2n) is 5.91. The molecule has 0 aliphatic rings. The van der Waals surface area contributed by atoms with Gasteiger partial charge in [-0.1, -0.05) is 29.8 Å². The fourth-order valence-electron chi connectivity index (χ4n) is 2.69. The van der Waals surface area contributed by atoms with Crippen molar-refractivity contribution in [2.45, 2.75) is 6.92 Å². The second kappa shape index (κ2) is 5.87. The summed E-state index contributed by atoms with van der Waals surface area (Å²) in [5, 5.41) is 9.56. The van der Waals surface area contributed by atoms with E-state index in [0.29, 0.717) is 17.0 Å². The lowest BCUT2D eigenvalue weighted by molar-refractivity contribution is 0.475. The number of aromatic nitrogens is 3. The van der Waals surface area contributed by atoms with Gasteiger partial charge in [0, 0.05) is 11.1 Å². The number of phenols is 1. The van der Waals surface area contributed by atoms with Gasteiger partial charge < -0.3 is 10.8 Å². The highest BCUT2D eigenvalue weighted by atomic mass is 16.3. The maximum absolute atomic E-state index is 9.56. The minimum Gasteiger partial charge on any atom is -0.508 e. The van der Waals surface area contributed by atoms with Crippen molar-refractivity contribution in [2.24, 2.45) is 0 Å². The van der Waals surface area contributed by atoms with Gasteiger partial charge in [-0.05, 0) is 43.3 Å². The molecular formula is C20H16N4O. The quantitative estimate of drug-likeness (QED) is 0.582. The number of hydrogen-bond donors (Lipinski definition) is 2. The average Bonchev–Trinajstić information content (AvgIpc) is 2.62. The predicted molar refractivity (Wildman–Crippen MR) is 99.0 cm³/mol. The van der Waals surface area contributed by atoms with Crippen LogP contribution in [-0.4, -0.2) is 20.1 Å². The fourth-order valence-corrected chi connectivity index (χ4v) is 2.69. The molecule has 0 aliphatic heterocycles. The largest absolute Gasteiger partial charge is 0.508 e. The topological polar surface area (TPSA) is 84.9 Å². The van der Waals surface area contributed by atoms with Crippen molar-refractivity contribution in [1.82, 2.24) is 15.0 Å². The number of anilines is 1. The predicted octanol–water partition coefficient (Wildman–Crippen LogP) is 3.96. The third-order valence-corrected chi connectivity index (χ3v) is 4.02. The second-order valence-corrected chi connectivity index (χ2v) is 5.91. The molecular weight excluding hydrogens is 312 g/mol. The van der Waals surface area contributed by atoms with Crippen LogP contribution in [0.1, 0.15) is 5.56 Å². The van der Waals surface area contributed by atoms with Crippen molar-refractivity contribution in [3.8, 4) is 28.3 Å². The molecule has 3 N–H and O–H groups in total. The molecule has 4 rings (SSSR count). The van der Waals surface area contributed by atoms with Crippen LogP contribution in [0.3, 0.4) is 0 Å². The molecule has 5 nitrogen and oxygen atoms in total. The first kappa shape index (κ1) is 15.1. The lowest BCUT2D eigenvalue weighted by Crippen LogP contribution is -1.99. The van der Waals surface area contributed by atoms with E-state index < -0.39 is 0 Å². The van der Waals surface area contributed by atoms with Crippen LogP contribution in [0, 0.1) is 6.92 Å². The summed E-state index contributed by atoms with van der Waals surface area (Å²) < 4.78 is 0. The van der Waals surface area contributed by atoms with Gasteiger partial charge in [0.05, 0.1) is 11.4 Å². The Labute approximate surface area is 144 Å². The van der Waals surface area contributed by atoms with E-state index in [9.17, 15) is 5.11 Å². The fraction of sp³-hybridized carbons (Fsp3) is 0.0500. The number of pyridine rings is 1. The number of fused-ring (bicyclic) bond motifs is 1. The zero-order valence-corrected chi connectivity index (χ0v) is 13.6. The van der Waals surface area contributed by atoms with Crippen LogP contribution in [-0.2, 0) is 0 Å². The number of nitrogens with zero attached hydrogens (tertiary/aromatic N) is 3. The third kappa shape index (κ3) is 2.87. The monoisotopic (exact) mass is 328 g/mol. The zero-order valence-electron chi connectivity index (χ0n) is 13.6. The molecule has 2 aromatic heterocycles. The summed E-state index contributed by atoms with van der Waals surface area (Å²) in [5.41, 5.74) is 11.4. The van der Waals surface area contributed by atoms with Crippen LogP contribution in [0.25, 0.3) is 33.7 Å². The number of benzene rings is 2. The Bertz CT molecular complexity index is 1060. The van der Waals surface area contributed by atoms with Gasteiger partial charge in [-0.15, -0.1) is 0 Å². The lowest BCUT2D eigenvalue weighted by atomic mass is 10.0. The maximum Gasteiger partial charge on any atom is 0.180 e. The molecule has 4 aromatic rings. The molecule has 5 heteroatoms. The SMILES string of the molecule is Cc1ccc(-c2nc3nc(N)ccc3nc2-c2ccc(O)cc2)cc1. The molecule has 0 bridgehead atoms. The van der Waals surface area contributed by atoms with Gasteiger partial charge >= 0.3 is 0 Å². The molecule has 2 aromatic carbocycles. The molecule has 122 valence electrons. The van der Waals surface area contributed by atoms with Gasteiger partial charge in [0.25, 0.3) is 0 Å². The number of aryl methyl sites for hydroxylation is 1. The number of phenolic OH excluding ortho intramolecular Hbond substituents is 1. The molecule has 0 amide bonds. The van der Waals surface area contributed by atoms with Gasteiger partial charge in [-0.3, -0.25) is 0 Å². The molecule has 25 heavy (non-hydrogen) atoms. The van der Waals surface area contributed by atoms with Crippen LogP contribution in [0.15, 0.2) is 60.7 Å². The molecule has 2 heterocycles. The van der Waals surface area contributed by atoms with Crippen molar-refractivity contribution >= 4 is 17.0 Å². The van der Waals surface area contributed by atoms with Crippen molar-refractivity contribution in [2.75, 3.05) is 5.73 Å². The Morgan fingerprint density at radius 1 is 0.720 bits per heavy atom. The summed E-state index contributed by atoms with van der Waals surface area (Å²) in [5.74, 6) is 0.623. The number of aromatic hydroxyl groups is 1. The smallest absolute Gasteiger partial charge is 0.180 e. The average molecular weight is 328 g/mol. The molecule has 0 radical (unpaired) electrons. The number of hydrogen-bond acceptors (Lipinski definition) is 5. The summed E-state index contributed by atoms with van der Waals surface area (Å²) in [6.07, 6.45) is 0. The van der Waals surface area contributed by atoms with E-state index in [-0.39, 0.29) is 5.75 Å². The number of nitrogens with two attached hydrogens (primary N) is 1. The summed E-state index contributed by atoms with van der Waals surface area (Å²) in [6, 6.07) is 18.6. The highest BCUT2D eigenvalue weighted by molar-refractivity contribution is 5.85. The van der Waals surface area contributed by atoms with Crippen LogP contribution in [0.5, 0.6) is 5.75 Å². The van der Waals surface area contributed by atoms with Gasteiger partial charge in [0.2, 0.25) is 0 Å². The normalized spacial score (nSPS) is 10.9. The zero-order chi connectivity index (χ0) is 17.4. The Hall–Kier alpha value is -3.47. The number of rotatable bonds is 2. The highest BCUT2D eigenvalue weighted by Gasteiger charge is 2.14. The molecule has 0 fully saturated rings. The van der Waals surface area contributed by atoms with Gasteiger partial charge in [0.1, 0.15) is 17.1 Å². The van der Waals surface area contributed by atoms with Crippen LogP contribution < -0.4 is 5.73 Å². The van der Waals surface area contributed by atoms with Crippen molar-refractivity contribution < 1.29 is 5.11 Å². The maximum atomic E-state index is 9.56. The molecule has 0 aliphatic carbocycles. The van der Waals surface area contributed by atoms with Crippen LogP contribution in [0.4, 0.5) is 5.82 Å². The standard InChI is InChI=1S/C20H16N4O/c1-12-2-4-13(5-3-12)19-18(14-6-8-15(25)9-7-14)22-16-10-11-17(21)23-20(16)24-19/h2-11,25H,1H3,(H2,21,23,24). The molecule has 0 atom stereocenters. The van der Waals surface area contributed by atoms with E-state index >= 15 is 0 Å². The highest BCUT2D eigenvalue weighted by Crippen LogP contribution is 2.31. The van der Waals surface area contributed by atoms with Crippen molar-refractivity contribution in [3.05, 3.63) is 66.2 Å². The van der Waals surface area contributed by atoms with E-state index in [1.165, 1.54) is 5.56 Å². The first-order valence-electron chi connectivity index (χ1n) is 7.91. The Balaban J connectivity index is 2.01. The molecule has 0 saturated carbocycles. The van der Waals surface area contributed by atoms with Gasteiger partial charge in [-0.25, -0.2) is 15.0 Å². The molecule has 0 spiro atoms. The van der Waals surface area contributed by atoms with E-state index in [4.69, 9.17) is 15.7 Å². The minimum absolute atomic E-state index is 0.212. The van der Waals surface area contributed by atoms with Crippen LogP contribution in [0.2, 0.25) is 0 Å². The van der Waals surface area contributed by atoms with Crippen LogP contribution >= 0.6 is 0 Å². The minimum atomic E-state index is 0.212. The number of nitrogen functional groups attached to an aromatic ring is 1.